The van der Waals surface area contributed by atoms with Gasteiger partial charge in [-0.05, 0) is 13.0 Å². The van der Waals surface area contributed by atoms with E-state index in [0.717, 1.165) is 6.42 Å². The maximum Gasteiger partial charge on any atom is 0.176 e. The molecule has 0 amide bonds. The third kappa shape index (κ3) is 1.29. The van der Waals surface area contributed by atoms with Crippen molar-refractivity contribution in [2.45, 2.75) is 19.0 Å². The normalized spacial score (nSPS) is 23.3. The van der Waals surface area contributed by atoms with Gasteiger partial charge in [-0.15, -0.1) is 0 Å². The fourth-order valence-electron chi connectivity index (χ4n) is 0.882. The maximum absolute atomic E-state index is 13.2. The molecule has 2 nitrogen and oxygen atoms in total. The van der Waals surface area contributed by atoms with Crippen LogP contribution in [0.2, 0.25) is 0 Å². The van der Waals surface area contributed by atoms with E-state index >= 15 is 0 Å². The summed E-state index contributed by atoms with van der Waals surface area (Å²) in [6.07, 6.45) is 2.56. The van der Waals surface area contributed by atoms with E-state index in [1.165, 1.54) is 6.92 Å². The SMILES string of the molecule is CC(F)(CN)C1=CCCO1. The highest BCUT2D eigenvalue weighted by Gasteiger charge is 2.30. The lowest BCUT2D eigenvalue weighted by molar-refractivity contribution is 0.122. The first-order chi connectivity index (χ1) is 4.67. The van der Waals surface area contributed by atoms with Crippen molar-refractivity contribution in [3.05, 3.63) is 11.8 Å². The molecule has 0 aromatic heterocycles. The molecule has 1 heterocycles. The fourth-order valence-corrected chi connectivity index (χ4v) is 0.882. The Labute approximate surface area is 59.9 Å². The van der Waals surface area contributed by atoms with E-state index in [-0.39, 0.29) is 6.54 Å². The first-order valence-electron chi connectivity index (χ1n) is 3.39. The first kappa shape index (κ1) is 7.54. The molecule has 1 aliphatic heterocycles. The molecule has 1 rings (SSSR count). The topological polar surface area (TPSA) is 35.2 Å². The van der Waals surface area contributed by atoms with Crippen molar-refractivity contribution >= 4 is 0 Å². The van der Waals surface area contributed by atoms with Crippen molar-refractivity contribution in [3.8, 4) is 0 Å². The summed E-state index contributed by atoms with van der Waals surface area (Å²) >= 11 is 0. The monoisotopic (exact) mass is 145 g/mol. The summed E-state index contributed by atoms with van der Waals surface area (Å²) in [5.74, 6) is 0.398. The summed E-state index contributed by atoms with van der Waals surface area (Å²) in [5, 5.41) is 0. The number of halogens is 1. The zero-order valence-corrected chi connectivity index (χ0v) is 6.06. The number of alkyl halides is 1. The van der Waals surface area contributed by atoms with Crippen LogP contribution < -0.4 is 5.73 Å². The Morgan fingerprint density at radius 3 is 3.00 bits per heavy atom. The van der Waals surface area contributed by atoms with Crippen molar-refractivity contribution in [1.29, 1.82) is 0 Å². The molecule has 10 heavy (non-hydrogen) atoms. The zero-order valence-electron chi connectivity index (χ0n) is 6.06. The van der Waals surface area contributed by atoms with E-state index in [2.05, 4.69) is 0 Å². The molecule has 0 aliphatic carbocycles. The van der Waals surface area contributed by atoms with Crippen LogP contribution in [0.25, 0.3) is 0 Å². The lowest BCUT2D eigenvalue weighted by atomic mass is 10.1. The molecule has 58 valence electrons. The van der Waals surface area contributed by atoms with Gasteiger partial charge in [0.05, 0.1) is 6.61 Å². The van der Waals surface area contributed by atoms with Gasteiger partial charge in [-0.1, -0.05) is 0 Å². The van der Waals surface area contributed by atoms with Gasteiger partial charge in [-0.25, -0.2) is 4.39 Å². The Morgan fingerprint density at radius 2 is 2.60 bits per heavy atom. The maximum atomic E-state index is 13.2. The Kier molecular flexibility index (Phi) is 1.94. The average Bonchev–Trinajstić information content (AvgIpc) is 2.38. The molecular formula is C7H12FNO. The molecule has 0 saturated heterocycles. The Morgan fingerprint density at radius 1 is 1.90 bits per heavy atom. The summed E-state index contributed by atoms with van der Waals surface area (Å²) in [6.45, 7) is 2.01. The van der Waals surface area contributed by atoms with E-state index < -0.39 is 5.67 Å². The molecule has 0 fully saturated rings. The Balaban J connectivity index is 2.62. The molecule has 1 atom stereocenters. The lowest BCUT2D eigenvalue weighted by Gasteiger charge is -2.18. The highest BCUT2D eigenvalue weighted by molar-refractivity contribution is 5.12. The van der Waals surface area contributed by atoms with Gasteiger partial charge in [0.15, 0.2) is 5.67 Å². The van der Waals surface area contributed by atoms with Crippen LogP contribution in [-0.2, 0) is 4.74 Å². The fraction of sp³-hybridized carbons (Fsp3) is 0.714. The van der Waals surface area contributed by atoms with Gasteiger partial charge in [0.2, 0.25) is 0 Å². The second-order valence-corrected chi connectivity index (χ2v) is 2.61. The number of ether oxygens (including phenoxy) is 1. The molecule has 0 bridgehead atoms. The van der Waals surface area contributed by atoms with Crippen molar-refractivity contribution in [3.63, 3.8) is 0 Å². The van der Waals surface area contributed by atoms with Gasteiger partial charge in [0, 0.05) is 13.0 Å². The molecular weight excluding hydrogens is 133 g/mol. The van der Waals surface area contributed by atoms with E-state index in [0.29, 0.717) is 12.4 Å². The molecule has 2 N–H and O–H groups in total. The largest absolute Gasteiger partial charge is 0.494 e. The molecule has 0 aromatic rings. The summed E-state index contributed by atoms with van der Waals surface area (Å²) in [5.41, 5.74) is 3.73. The number of hydrogen-bond donors (Lipinski definition) is 1. The van der Waals surface area contributed by atoms with Crippen molar-refractivity contribution in [2.24, 2.45) is 5.73 Å². The summed E-state index contributed by atoms with van der Waals surface area (Å²) in [4.78, 5) is 0. The smallest absolute Gasteiger partial charge is 0.176 e. The standard InChI is InChI=1S/C7H12FNO/c1-7(8,5-9)6-3-2-4-10-6/h3H,2,4-5,9H2,1H3. The second-order valence-electron chi connectivity index (χ2n) is 2.61. The molecule has 0 aromatic carbocycles. The third-order valence-electron chi connectivity index (χ3n) is 1.60. The Bertz CT molecular complexity index is 154. The second kappa shape index (κ2) is 2.58. The minimum absolute atomic E-state index is 0.0150. The molecule has 1 aliphatic rings. The van der Waals surface area contributed by atoms with Gasteiger partial charge in [-0.2, -0.15) is 0 Å². The lowest BCUT2D eigenvalue weighted by Crippen LogP contribution is -2.31. The average molecular weight is 145 g/mol. The summed E-state index contributed by atoms with van der Waals surface area (Å²) in [7, 11) is 0. The highest BCUT2D eigenvalue weighted by atomic mass is 19.1. The number of hydrogen-bond acceptors (Lipinski definition) is 2. The molecule has 1 unspecified atom stereocenters. The Hall–Kier alpha value is -0.570. The molecule has 3 heteroatoms. The third-order valence-corrected chi connectivity index (χ3v) is 1.60. The van der Waals surface area contributed by atoms with Crippen molar-refractivity contribution < 1.29 is 9.13 Å². The van der Waals surface area contributed by atoms with Gasteiger partial charge in [0.1, 0.15) is 5.76 Å². The van der Waals surface area contributed by atoms with Gasteiger partial charge < -0.3 is 10.5 Å². The van der Waals surface area contributed by atoms with E-state index in [9.17, 15) is 4.39 Å². The van der Waals surface area contributed by atoms with Crippen LogP contribution in [0.3, 0.4) is 0 Å². The van der Waals surface area contributed by atoms with Crippen LogP contribution in [0, 0.1) is 0 Å². The van der Waals surface area contributed by atoms with E-state index in [4.69, 9.17) is 10.5 Å². The minimum Gasteiger partial charge on any atom is -0.494 e. The molecule has 0 saturated carbocycles. The van der Waals surface area contributed by atoms with Crippen LogP contribution in [0.15, 0.2) is 11.8 Å². The predicted molar refractivity (Wildman–Crippen MR) is 37.2 cm³/mol. The van der Waals surface area contributed by atoms with Gasteiger partial charge in [-0.3, -0.25) is 0 Å². The zero-order chi connectivity index (χ0) is 7.61. The van der Waals surface area contributed by atoms with Crippen molar-refractivity contribution in [2.75, 3.05) is 13.2 Å². The minimum atomic E-state index is -1.46. The quantitative estimate of drug-likeness (QED) is 0.628. The van der Waals surface area contributed by atoms with Crippen LogP contribution in [0.4, 0.5) is 4.39 Å². The van der Waals surface area contributed by atoms with Crippen LogP contribution in [-0.4, -0.2) is 18.8 Å². The molecule has 0 spiro atoms. The van der Waals surface area contributed by atoms with Crippen LogP contribution >= 0.6 is 0 Å². The summed E-state index contributed by atoms with van der Waals surface area (Å²) in [6, 6.07) is 0. The predicted octanol–water partition coefficient (Wildman–Crippen LogP) is 0.978. The number of nitrogens with two attached hydrogens (primary N) is 1. The van der Waals surface area contributed by atoms with Crippen LogP contribution in [0.1, 0.15) is 13.3 Å². The van der Waals surface area contributed by atoms with Crippen LogP contribution in [0.5, 0.6) is 0 Å². The van der Waals surface area contributed by atoms with E-state index in [1.807, 2.05) is 0 Å². The highest BCUT2D eigenvalue weighted by Crippen LogP contribution is 2.25. The van der Waals surface area contributed by atoms with E-state index in [1.54, 1.807) is 6.08 Å². The van der Waals surface area contributed by atoms with Gasteiger partial charge in [0.25, 0.3) is 0 Å². The summed E-state index contributed by atoms with van der Waals surface area (Å²) < 4.78 is 18.2. The van der Waals surface area contributed by atoms with Gasteiger partial charge >= 0.3 is 0 Å². The number of rotatable bonds is 2. The first-order valence-corrected chi connectivity index (χ1v) is 3.39. The molecule has 0 radical (unpaired) electrons. The van der Waals surface area contributed by atoms with Crippen molar-refractivity contribution in [1.82, 2.24) is 0 Å².